The molecule has 1 heteroatoms. The summed E-state index contributed by atoms with van der Waals surface area (Å²) < 4.78 is 78.5. The van der Waals surface area contributed by atoms with Crippen LogP contribution < -0.4 is 0 Å². The normalized spacial score (nSPS) is 14.2. The van der Waals surface area contributed by atoms with Crippen LogP contribution in [-0.4, -0.2) is 0 Å². The zero-order valence-electron chi connectivity index (χ0n) is 33.0. The smallest absolute Gasteiger partial charge is 0.136 e. The van der Waals surface area contributed by atoms with Crippen molar-refractivity contribution in [3.05, 3.63) is 170 Å². The highest BCUT2D eigenvalue weighted by molar-refractivity contribution is 6.24. The van der Waals surface area contributed by atoms with Gasteiger partial charge in [-0.3, -0.25) is 0 Å². The van der Waals surface area contributed by atoms with Gasteiger partial charge in [0.05, 0.1) is 11.0 Å². The summed E-state index contributed by atoms with van der Waals surface area (Å²) in [4.78, 5) is 0. The summed E-state index contributed by atoms with van der Waals surface area (Å²) in [7, 11) is 0. The lowest BCUT2D eigenvalue weighted by molar-refractivity contribution is 0.669. The van der Waals surface area contributed by atoms with Crippen molar-refractivity contribution in [2.24, 2.45) is 0 Å². The molecular weight excluding hydrogens is 569 g/mol. The van der Waals surface area contributed by atoms with Gasteiger partial charge < -0.3 is 4.42 Å². The fourth-order valence-corrected chi connectivity index (χ4v) is 7.18. The van der Waals surface area contributed by atoms with Gasteiger partial charge >= 0.3 is 0 Å². The van der Waals surface area contributed by atoms with E-state index in [4.69, 9.17) is 9.90 Å². The molecule has 0 unspecified atom stereocenters. The summed E-state index contributed by atoms with van der Waals surface area (Å²) in [5.41, 5.74) is 5.25. The predicted octanol–water partition coefficient (Wildman–Crippen LogP) is 13.2. The molecule has 0 amide bonds. The zero-order chi connectivity index (χ0) is 37.9. The molecule has 0 atom stereocenters. The van der Waals surface area contributed by atoms with E-state index >= 15 is 0 Å². The second-order valence-corrected chi connectivity index (χ2v) is 11.8. The largest absolute Gasteiger partial charge is 0.456 e. The topological polar surface area (TPSA) is 13.1 Å². The Hall–Kier alpha value is -6.18. The molecule has 1 heterocycles. The molecule has 1 aromatic heterocycles. The molecule has 47 heavy (non-hydrogen) atoms. The standard InChI is InChI=1S/C46H28O/c1-3-13-34-30(10-1)12-9-19-36(34)45-39-17-7-5-15-37(39)44(38-16-6-8-18-40(38)45)32-22-20-29(21-23-32)33-25-26-42-41(28-33)46-35-14-4-2-11-31(35)24-27-43(46)47-42/h1-28H/i5D,6D,7D,8D,15D,16D,17D,18D. The van der Waals surface area contributed by atoms with Gasteiger partial charge in [-0.1, -0.05) is 151 Å². The first-order chi connectivity index (χ1) is 26.6. The van der Waals surface area contributed by atoms with E-state index in [0.29, 0.717) is 22.3 Å². The van der Waals surface area contributed by atoms with Crippen LogP contribution in [0.4, 0.5) is 0 Å². The summed E-state index contributed by atoms with van der Waals surface area (Å²) in [6.07, 6.45) is 0. The second-order valence-electron chi connectivity index (χ2n) is 11.8. The van der Waals surface area contributed by atoms with Crippen molar-refractivity contribution in [1.29, 1.82) is 0 Å². The number of hydrogen-bond donors (Lipinski definition) is 0. The minimum absolute atomic E-state index is 0.192. The van der Waals surface area contributed by atoms with Crippen molar-refractivity contribution in [2.75, 3.05) is 0 Å². The number of fused-ring (bicyclic) bond motifs is 8. The Labute approximate surface area is 283 Å². The van der Waals surface area contributed by atoms with Gasteiger partial charge in [0.2, 0.25) is 0 Å². The van der Waals surface area contributed by atoms with Crippen LogP contribution in [-0.2, 0) is 0 Å². The van der Waals surface area contributed by atoms with Crippen LogP contribution in [0.2, 0.25) is 0 Å². The Kier molecular flexibility index (Phi) is 4.19. The van der Waals surface area contributed by atoms with E-state index in [-0.39, 0.29) is 45.7 Å². The van der Waals surface area contributed by atoms with Crippen molar-refractivity contribution in [3.63, 3.8) is 0 Å². The van der Waals surface area contributed by atoms with E-state index in [0.717, 1.165) is 54.6 Å². The summed E-state index contributed by atoms with van der Waals surface area (Å²) in [5, 5.41) is 6.71. The molecule has 0 fully saturated rings. The third kappa shape index (κ3) is 3.97. The average molecular weight is 605 g/mol. The molecular formula is C46H28O. The van der Waals surface area contributed by atoms with Crippen molar-refractivity contribution < 1.29 is 15.4 Å². The first kappa shape index (κ1) is 19.4. The Bertz CT molecular complexity index is 3210. The SMILES string of the molecule is [2H]c1c([2H])c([2H])c2c(-c3cccc4ccccc34)c3c([2H])c([2H])c([2H])c([2H])c3c(-c3ccc(-c4ccc5oc6ccc7ccccc7c6c5c4)cc3)c2c1[2H]. The van der Waals surface area contributed by atoms with Gasteiger partial charge in [-0.05, 0) is 94.7 Å². The predicted molar refractivity (Wildman–Crippen MR) is 200 cm³/mol. The minimum Gasteiger partial charge on any atom is -0.456 e. The Balaban J connectivity index is 1.28. The fraction of sp³-hybridized carbons (Fsp3) is 0. The maximum Gasteiger partial charge on any atom is 0.136 e. The number of hydrogen-bond acceptors (Lipinski definition) is 1. The highest BCUT2D eigenvalue weighted by Crippen LogP contribution is 2.45. The summed E-state index contributed by atoms with van der Waals surface area (Å²) >= 11 is 0. The van der Waals surface area contributed by atoms with Crippen LogP contribution in [0.3, 0.4) is 0 Å². The van der Waals surface area contributed by atoms with E-state index in [1.54, 1.807) is 0 Å². The highest BCUT2D eigenvalue weighted by atomic mass is 16.3. The molecule has 0 N–H and O–H groups in total. The molecule has 10 aromatic rings. The van der Waals surface area contributed by atoms with Crippen LogP contribution in [0.5, 0.6) is 0 Å². The molecule has 9 aromatic carbocycles. The van der Waals surface area contributed by atoms with Crippen LogP contribution in [0.25, 0.3) is 98.4 Å². The molecule has 0 bridgehead atoms. The summed E-state index contributed by atoms with van der Waals surface area (Å²) in [5.74, 6) is 0. The minimum atomic E-state index is -0.424. The first-order valence-corrected chi connectivity index (χ1v) is 15.5. The number of rotatable bonds is 3. The zero-order valence-corrected chi connectivity index (χ0v) is 25.0. The second kappa shape index (κ2) is 10.2. The fourth-order valence-electron chi connectivity index (χ4n) is 7.18. The van der Waals surface area contributed by atoms with Crippen molar-refractivity contribution in [1.82, 2.24) is 0 Å². The van der Waals surface area contributed by atoms with Gasteiger partial charge in [0.1, 0.15) is 11.2 Å². The Morgan fingerprint density at radius 2 is 0.936 bits per heavy atom. The number of benzene rings is 9. The summed E-state index contributed by atoms with van der Waals surface area (Å²) in [6, 6.07) is 36.4. The molecule has 10 rings (SSSR count). The third-order valence-electron chi connectivity index (χ3n) is 9.30. The monoisotopic (exact) mass is 604 g/mol. The van der Waals surface area contributed by atoms with E-state index in [2.05, 4.69) is 24.3 Å². The Morgan fingerprint density at radius 3 is 1.66 bits per heavy atom. The highest BCUT2D eigenvalue weighted by Gasteiger charge is 2.18. The lowest BCUT2D eigenvalue weighted by atomic mass is 9.84. The molecule has 0 aliphatic heterocycles. The van der Waals surface area contributed by atoms with Crippen LogP contribution in [0, 0.1) is 0 Å². The first-order valence-electron chi connectivity index (χ1n) is 19.5. The van der Waals surface area contributed by atoms with E-state index in [1.165, 1.54) is 0 Å². The van der Waals surface area contributed by atoms with E-state index in [9.17, 15) is 5.48 Å². The quantitative estimate of drug-likeness (QED) is 0.183. The van der Waals surface area contributed by atoms with Gasteiger partial charge in [0.25, 0.3) is 0 Å². The summed E-state index contributed by atoms with van der Waals surface area (Å²) in [6.45, 7) is 0. The van der Waals surface area contributed by atoms with Crippen molar-refractivity contribution in [2.45, 2.75) is 0 Å². The van der Waals surface area contributed by atoms with E-state index < -0.39 is 24.2 Å². The van der Waals surface area contributed by atoms with Gasteiger partial charge in [-0.2, -0.15) is 0 Å². The molecule has 218 valence electrons. The molecule has 0 spiro atoms. The van der Waals surface area contributed by atoms with Crippen molar-refractivity contribution in [3.8, 4) is 33.4 Å². The lowest BCUT2D eigenvalue weighted by Gasteiger charge is -2.19. The molecule has 0 aliphatic carbocycles. The van der Waals surface area contributed by atoms with Crippen LogP contribution in [0.1, 0.15) is 11.0 Å². The molecule has 0 aliphatic rings. The molecule has 0 radical (unpaired) electrons. The van der Waals surface area contributed by atoms with Crippen LogP contribution in [0.15, 0.2) is 174 Å². The van der Waals surface area contributed by atoms with Gasteiger partial charge in [0, 0.05) is 10.8 Å². The lowest BCUT2D eigenvalue weighted by Crippen LogP contribution is -1.91. The molecule has 1 nitrogen and oxygen atoms in total. The molecule has 0 saturated heterocycles. The maximum atomic E-state index is 9.30. The third-order valence-corrected chi connectivity index (χ3v) is 9.30. The molecule has 0 saturated carbocycles. The van der Waals surface area contributed by atoms with Gasteiger partial charge in [0.15, 0.2) is 0 Å². The number of furan rings is 1. The Morgan fingerprint density at radius 1 is 0.383 bits per heavy atom. The van der Waals surface area contributed by atoms with Gasteiger partial charge in [-0.25, -0.2) is 0 Å². The van der Waals surface area contributed by atoms with Crippen molar-refractivity contribution >= 4 is 65.0 Å². The van der Waals surface area contributed by atoms with Gasteiger partial charge in [-0.15, -0.1) is 0 Å². The van der Waals surface area contributed by atoms with Crippen LogP contribution >= 0.6 is 0 Å². The maximum absolute atomic E-state index is 9.30. The van der Waals surface area contributed by atoms with E-state index in [1.807, 2.05) is 97.1 Å². The average Bonchev–Trinajstić information content (AvgIpc) is 3.61.